The number of rotatable bonds is 60. The highest BCUT2D eigenvalue weighted by Crippen LogP contribution is 2.33. The van der Waals surface area contributed by atoms with Crippen LogP contribution in [0, 0.1) is 0 Å². The maximum absolute atomic E-state index is 13.4. The van der Waals surface area contributed by atoms with Crippen LogP contribution < -0.4 is 5.32 Å². The minimum absolute atomic E-state index is 0.226. The zero-order chi connectivity index (χ0) is 68.9. The summed E-state index contributed by atoms with van der Waals surface area (Å²) < 4.78 is 34.4. The van der Waals surface area contributed by atoms with Crippen molar-refractivity contribution in [3.05, 3.63) is 48.6 Å². The van der Waals surface area contributed by atoms with Crippen LogP contribution in [-0.2, 0) is 33.2 Å². The monoisotopic (exact) mass is 1350 g/mol. The molecule has 95 heavy (non-hydrogen) atoms. The average molecular weight is 1350 g/mol. The van der Waals surface area contributed by atoms with Gasteiger partial charge in [0.05, 0.1) is 38.6 Å². The van der Waals surface area contributed by atoms with E-state index in [1.54, 1.807) is 6.08 Å². The fourth-order valence-corrected chi connectivity index (χ4v) is 12.9. The first kappa shape index (κ1) is 87.0. The first-order chi connectivity index (χ1) is 46.3. The number of hydrogen-bond acceptors (Lipinski definition) is 18. The van der Waals surface area contributed by atoms with Gasteiger partial charge < -0.3 is 89.9 Å². The number of carbonyl (C=O) groups excluding carboxylic acids is 1. The van der Waals surface area contributed by atoms with E-state index in [-0.39, 0.29) is 18.9 Å². The second kappa shape index (κ2) is 57.4. The Morgan fingerprint density at radius 1 is 0.379 bits per heavy atom. The number of nitrogens with one attached hydrogen (secondary N) is 1. The molecule has 19 nitrogen and oxygen atoms in total. The molecular formula is C76H139NO18. The topological polar surface area (TPSA) is 307 Å². The number of carbonyl (C=O) groups is 1. The number of amides is 1. The summed E-state index contributed by atoms with van der Waals surface area (Å²) in [5.41, 5.74) is 0. The molecule has 12 N–H and O–H groups in total. The second-order valence-electron chi connectivity index (χ2n) is 27.5. The Labute approximate surface area is 573 Å². The van der Waals surface area contributed by atoms with Gasteiger partial charge in [0, 0.05) is 6.42 Å². The van der Waals surface area contributed by atoms with Crippen molar-refractivity contribution in [1.82, 2.24) is 5.32 Å². The summed E-state index contributed by atoms with van der Waals surface area (Å²) in [6, 6.07) is -0.997. The Hall–Kier alpha value is -2.25. The highest BCUT2D eigenvalue weighted by atomic mass is 16.8. The Kier molecular flexibility index (Phi) is 52.5. The van der Waals surface area contributed by atoms with Gasteiger partial charge >= 0.3 is 0 Å². The Morgan fingerprint density at radius 2 is 0.705 bits per heavy atom. The lowest BCUT2D eigenvalue weighted by atomic mass is 9.96. The summed E-state index contributed by atoms with van der Waals surface area (Å²) in [5, 5.41) is 121. The summed E-state index contributed by atoms with van der Waals surface area (Å²) in [6.45, 7) is 1.72. The molecule has 3 saturated heterocycles. The van der Waals surface area contributed by atoms with E-state index in [9.17, 15) is 61.0 Å². The highest BCUT2D eigenvalue weighted by molar-refractivity contribution is 5.76. The fourth-order valence-electron chi connectivity index (χ4n) is 12.9. The van der Waals surface area contributed by atoms with E-state index in [1.165, 1.54) is 186 Å². The van der Waals surface area contributed by atoms with Crippen molar-refractivity contribution in [3.63, 3.8) is 0 Å². The Balaban J connectivity index is 1.39. The van der Waals surface area contributed by atoms with Crippen LogP contribution in [0.5, 0.6) is 0 Å². The summed E-state index contributed by atoms with van der Waals surface area (Å²) >= 11 is 0. The van der Waals surface area contributed by atoms with E-state index in [0.29, 0.717) is 12.8 Å². The Bertz CT molecular complexity index is 1910. The zero-order valence-electron chi connectivity index (χ0n) is 59.2. The predicted molar refractivity (Wildman–Crippen MR) is 374 cm³/mol. The minimum atomic E-state index is -1.98. The van der Waals surface area contributed by atoms with Crippen LogP contribution in [0.2, 0.25) is 0 Å². The SMILES string of the molecule is CCCCCC/C=C\C/C=C\CCCCCCCCCC(=O)NC(COC1OC(CO)C(OC2OC(CO)C(OC3OC(CO)C(O)C(O)C3O)C(O)C2O)C(O)C1O)C(O)/C=C/CC/C=C/CCCCCCCCCCCCCCCCCCCCCCCCCCCC. The quantitative estimate of drug-likeness (QED) is 0.0199. The van der Waals surface area contributed by atoms with Crippen molar-refractivity contribution in [1.29, 1.82) is 0 Å². The molecule has 0 saturated carbocycles. The van der Waals surface area contributed by atoms with E-state index < -0.39 is 124 Å². The van der Waals surface area contributed by atoms with E-state index in [1.807, 2.05) is 6.08 Å². The molecule has 3 aliphatic rings. The molecule has 19 heteroatoms. The molecule has 556 valence electrons. The van der Waals surface area contributed by atoms with Gasteiger partial charge in [0.25, 0.3) is 0 Å². The normalized spacial score (nSPS) is 27.4. The molecule has 0 aromatic heterocycles. The molecule has 0 bridgehead atoms. The lowest BCUT2D eigenvalue weighted by molar-refractivity contribution is -0.379. The van der Waals surface area contributed by atoms with Crippen molar-refractivity contribution in [2.24, 2.45) is 0 Å². The third-order valence-electron chi connectivity index (χ3n) is 19.1. The molecular weight excluding hydrogens is 1210 g/mol. The maximum Gasteiger partial charge on any atom is 0.220 e. The third kappa shape index (κ3) is 38.4. The van der Waals surface area contributed by atoms with Crippen LogP contribution in [0.4, 0.5) is 0 Å². The van der Waals surface area contributed by atoms with Gasteiger partial charge in [0.1, 0.15) is 73.2 Å². The summed E-state index contributed by atoms with van der Waals surface area (Å²) in [4.78, 5) is 13.4. The zero-order valence-corrected chi connectivity index (χ0v) is 59.2. The number of allylic oxidation sites excluding steroid dienone is 7. The molecule has 17 atom stereocenters. The van der Waals surface area contributed by atoms with Crippen molar-refractivity contribution < 1.29 is 89.4 Å². The standard InChI is InChI=1S/C76H139NO18/c1-3-5-7-9-11-13-15-17-19-21-23-24-25-26-27-28-29-30-31-32-33-34-35-36-37-39-41-43-45-47-49-51-53-60(81)59(77-64(82)54-52-50-48-46-44-42-40-38-22-20-18-16-14-12-10-8-6-4-2)58-90-74-70(88)67(85)72(62(56-79)92-74)95-76-71(89)68(86)73(63(57-80)93-76)94-75-69(87)66(84)65(83)61(55-78)91-75/h14,16,20,22,43,45,51,53,59-63,65-76,78-81,83-89H,3-13,15,17-19,21,23-42,44,46-50,52,54-58H2,1-2H3,(H,77,82)/b16-14-,22-20-,45-43+,53-51+. The molecule has 0 aromatic carbocycles. The van der Waals surface area contributed by atoms with Crippen LogP contribution in [0.25, 0.3) is 0 Å². The third-order valence-corrected chi connectivity index (χ3v) is 19.1. The molecule has 0 radical (unpaired) electrons. The minimum Gasteiger partial charge on any atom is -0.394 e. The van der Waals surface area contributed by atoms with Gasteiger partial charge in [0.2, 0.25) is 5.91 Å². The number of hydrogen-bond donors (Lipinski definition) is 12. The number of aliphatic hydroxyl groups is 11. The maximum atomic E-state index is 13.4. The molecule has 17 unspecified atom stereocenters. The summed E-state index contributed by atoms with van der Waals surface area (Å²) in [5.74, 6) is -0.291. The van der Waals surface area contributed by atoms with Gasteiger partial charge in [-0.3, -0.25) is 4.79 Å². The lowest BCUT2D eigenvalue weighted by Crippen LogP contribution is -2.66. The van der Waals surface area contributed by atoms with Crippen LogP contribution in [0.1, 0.15) is 296 Å². The molecule has 3 fully saturated rings. The molecule has 3 aliphatic heterocycles. The number of ether oxygens (including phenoxy) is 6. The molecule has 1 amide bonds. The fraction of sp³-hybridized carbons (Fsp3) is 0.882. The van der Waals surface area contributed by atoms with Gasteiger partial charge in [-0.2, -0.15) is 0 Å². The Morgan fingerprint density at radius 3 is 1.13 bits per heavy atom. The van der Waals surface area contributed by atoms with E-state index in [2.05, 4.69) is 55.6 Å². The smallest absolute Gasteiger partial charge is 0.220 e. The van der Waals surface area contributed by atoms with E-state index in [4.69, 9.17) is 28.4 Å². The highest BCUT2D eigenvalue weighted by Gasteiger charge is 2.53. The first-order valence-corrected chi connectivity index (χ1v) is 38.4. The summed E-state index contributed by atoms with van der Waals surface area (Å²) in [6.07, 6.45) is 43.9. The van der Waals surface area contributed by atoms with Crippen LogP contribution in [-0.4, -0.2) is 193 Å². The largest absolute Gasteiger partial charge is 0.394 e. The van der Waals surface area contributed by atoms with E-state index >= 15 is 0 Å². The molecule has 0 spiro atoms. The molecule has 0 aromatic rings. The van der Waals surface area contributed by atoms with Crippen molar-refractivity contribution in [2.45, 2.75) is 401 Å². The van der Waals surface area contributed by atoms with Crippen LogP contribution in [0.15, 0.2) is 48.6 Å². The molecule has 3 heterocycles. The van der Waals surface area contributed by atoms with Crippen molar-refractivity contribution >= 4 is 5.91 Å². The van der Waals surface area contributed by atoms with E-state index in [0.717, 1.165) is 77.0 Å². The average Bonchev–Trinajstić information content (AvgIpc) is 0.787. The van der Waals surface area contributed by atoms with Crippen molar-refractivity contribution in [3.8, 4) is 0 Å². The van der Waals surface area contributed by atoms with Gasteiger partial charge in [-0.1, -0.05) is 274 Å². The van der Waals surface area contributed by atoms with Gasteiger partial charge in [-0.15, -0.1) is 0 Å². The number of aliphatic hydroxyl groups excluding tert-OH is 11. The van der Waals surface area contributed by atoms with Gasteiger partial charge in [-0.05, 0) is 64.2 Å². The van der Waals surface area contributed by atoms with Crippen LogP contribution in [0.3, 0.4) is 0 Å². The molecule has 3 rings (SSSR count). The second-order valence-corrected chi connectivity index (χ2v) is 27.5. The summed E-state index contributed by atoms with van der Waals surface area (Å²) in [7, 11) is 0. The van der Waals surface area contributed by atoms with Gasteiger partial charge in [0.15, 0.2) is 18.9 Å². The van der Waals surface area contributed by atoms with Crippen molar-refractivity contribution in [2.75, 3.05) is 26.4 Å². The first-order valence-electron chi connectivity index (χ1n) is 38.4. The number of unbranched alkanes of at least 4 members (excludes halogenated alkanes) is 38. The molecule has 0 aliphatic carbocycles. The van der Waals surface area contributed by atoms with Gasteiger partial charge in [-0.25, -0.2) is 0 Å². The van der Waals surface area contributed by atoms with Crippen LogP contribution >= 0.6 is 0 Å². The lowest BCUT2D eigenvalue weighted by Gasteiger charge is -2.48. The predicted octanol–water partition coefficient (Wildman–Crippen LogP) is 11.7.